The molecule has 3 rings (SSSR count). The van der Waals surface area contributed by atoms with Crippen molar-refractivity contribution in [2.45, 2.75) is 68.9 Å². The van der Waals surface area contributed by atoms with Gasteiger partial charge < -0.3 is 19.5 Å². The summed E-state index contributed by atoms with van der Waals surface area (Å²) in [4.78, 5) is 24.2. The maximum Gasteiger partial charge on any atom is 0.307 e. The lowest BCUT2D eigenvalue weighted by Gasteiger charge is -2.24. The van der Waals surface area contributed by atoms with E-state index in [1.807, 2.05) is 0 Å². The first-order valence-electron chi connectivity index (χ1n) is 10.7. The van der Waals surface area contributed by atoms with Crippen LogP contribution in [-0.4, -0.2) is 52.2 Å². The van der Waals surface area contributed by atoms with Crippen molar-refractivity contribution in [3.8, 4) is 11.5 Å². The van der Waals surface area contributed by atoms with E-state index in [9.17, 15) is 18.0 Å². The predicted octanol–water partition coefficient (Wildman–Crippen LogP) is 1.90. The molecule has 2 N–H and O–H groups in total. The summed E-state index contributed by atoms with van der Waals surface area (Å²) in [5.74, 6) is -0.0983. The molecule has 0 radical (unpaired) electrons. The first-order valence-corrected chi connectivity index (χ1v) is 12.2. The molecular weight excluding hydrogens is 424 g/mol. The van der Waals surface area contributed by atoms with E-state index < -0.39 is 22.1 Å². The number of ether oxygens (including phenoxy) is 3. The highest BCUT2D eigenvalue weighted by atomic mass is 32.2. The minimum atomic E-state index is -3.84. The first kappa shape index (κ1) is 23.3. The van der Waals surface area contributed by atoms with Crippen LogP contribution in [0.4, 0.5) is 0 Å². The van der Waals surface area contributed by atoms with E-state index in [0.29, 0.717) is 31.1 Å². The summed E-state index contributed by atoms with van der Waals surface area (Å²) in [5.41, 5.74) is 0. The van der Waals surface area contributed by atoms with Crippen LogP contribution in [0, 0.1) is 0 Å². The number of fused-ring (bicyclic) bond motifs is 1. The maximum atomic E-state index is 12.5. The van der Waals surface area contributed by atoms with Crippen molar-refractivity contribution in [2.75, 3.05) is 19.8 Å². The largest absolute Gasteiger partial charge is 0.490 e. The normalized spacial score (nSPS) is 18.0. The minimum Gasteiger partial charge on any atom is -0.490 e. The van der Waals surface area contributed by atoms with Crippen molar-refractivity contribution in [3.05, 3.63) is 18.2 Å². The summed E-state index contributed by atoms with van der Waals surface area (Å²) in [7, 11) is -3.84. The molecule has 1 aliphatic carbocycles. The molecule has 2 aliphatic rings. The highest BCUT2D eigenvalue weighted by Crippen LogP contribution is 2.31. The van der Waals surface area contributed by atoms with Crippen LogP contribution in [0.3, 0.4) is 0 Å². The van der Waals surface area contributed by atoms with E-state index in [4.69, 9.17) is 14.2 Å². The van der Waals surface area contributed by atoms with Gasteiger partial charge in [-0.3, -0.25) is 9.59 Å². The summed E-state index contributed by atoms with van der Waals surface area (Å²) < 4.78 is 43.6. The molecule has 1 aliphatic heterocycles. The van der Waals surface area contributed by atoms with E-state index in [0.717, 1.165) is 25.7 Å². The lowest BCUT2D eigenvalue weighted by Crippen LogP contribution is -2.43. The molecule has 0 saturated heterocycles. The molecule has 31 heavy (non-hydrogen) atoms. The van der Waals surface area contributed by atoms with Crippen LogP contribution in [0.1, 0.15) is 51.9 Å². The second kappa shape index (κ2) is 10.8. The number of hydrogen-bond acceptors (Lipinski definition) is 7. The van der Waals surface area contributed by atoms with Crippen LogP contribution < -0.4 is 19.5 Å². The third-order valence-electron chi connectivity index (χ3n) is 5.28. The molecule has 1 saturated carbocycles. The van der Waals surface area contributed by atoms with Crippen LogP contribution in [0.2, 0.25) is 0 Å². The van der Waals surface area contributed by atoms with Crippen LogP contribution in [0.15, 0.2) is 23.1 Å². The zero-order chi connectivity index (χ0) is 22.3. The van der Waals surface area contributed by atoms with Gasteiger partial charge in [0.05, 0.1) is 24.5 Å². The van der Waals surface area contributed by atoms with Gasteiger partial charge in [0.25, 0.3) is 5.91 Å². The molecule has 1 fully saturated rings. The molecule has 172 valence electrons. The number of sulfonamides is 1. The van der Waals surface area contributed by atoms with Gasteiger partial charge in [-0.2, -0.15) is 0 Å². The summed E-state index contributed by atoms with van der Waals surface area (Å²) in [6, 6.07) is 4.51. The molecule has 0 aromatic heterocycles. The van der Waals surface area contributed by atoms with E-state index >= 15 is 0 Å². The van der Waals surface area contributed by atoms with Gasteiger partial charge in [-0.15, -0.1) is 0 Å². The Morgan fingerprint density at radius 3 is 2.55 bits per heavy atom. The number of amides is 1. The molecular formula is C21H30N2O7S. The molecule has 1 aromatic carbocycles. The lowest BCUT2D eigenvalue weighted by atomic mass is 9.95. The molecule has 0 bridgehead atoms. The predicted molar refractivity (Wildman–Crippen MR) is 112 cm³/mol. The van der Waals surface area contributed by atoms with Crippen molar-refractivity contribution in [1.82, 2.24) is 10.0 Å². The van der Waals surface area contributed by atoms with Crippen LogP contribution in [0.5, 0.6) is 11.5 Å². The van der Waals surface area contributed by atoms with E-state index in [2.05, 4.69) is 10.0 Å². The van der Waals surface area contributed by atoms with Gasteiger partial charge in [0.15, 0.2) is 17.6 Å². The van der Waals surface area contributed by atoms with E-state index in [1.54, 1.807) is 6.07 Å². The monoisotopic (exact) mass is 454 g/mol. The first-order chi connectivity index (χ1) is 14.8. The molecule has 1 aromatic rings. The second-order valence-corrected chi connectivity index (χ2v) is 9.55. The van der Waals surface area contributed by atoms with Gasteiger partial charge in [0.1, 0.15) is 0 Å². The summed E-state index contributed by atoms with van der Waals surface area (Å²) in [5, 5.41) is 2.91. The fourth-order valence-electron chi connectivity index (χ4n) is 3.56. The van der Waals surface area contributed by atoms with Crippen molar-refractivity contribution < 1.29 is 32.2 Å². The van der Waals surface area contributed by atoms with Gasteiger partial charge in [0, 0.05) is 25.1 Å². The molecule has 1 atom stereocenters. The lowest BCUT2D eigenvalue weighted by molar-refractivity contribution is -0.155. The Bertz CT molecular complexity index is 882. The Hall–Kier alpha value is -2.33. The standard InChI is InChI=1S/C21H30N2O7S/c1-15(21(25)23-16-6-3-2-4-7-16)30-20(24)10-11-22-31(26,27)17-8-9-18-19(14-17)29-13-5-12-28-18/h8-9,14-16,22H,2-7,10-13H2,1H3,(H,23,25). The Labute approximate surface area is 182 Å². The summed E-state index contributed by atoms with van der Waals surface area (Å²) >= 11 is 0. The highest BCUT2D eigenvalue weighted by molar-refractivity contribution is 7.89. The maximum absolute atomic E-state index is 12.5. The van der Waals surface area contributed by atoms with Crippen molar-refractivity contribution in [3.63, 3.8) is 0 Å². The minimum absolute atomic E-state index is 0.0188. The average molecular weight is 455 g/mol. The molecule has 9 nitrogen and oxygen atoms in total. The van der Waals surface area contributed by atoms with Gasteiger partial charge in [-0.05, 0) is 31.9 Å². The molecule has 1 unspecified atom stereocenters. The molecule has 1 amide bonds. The Balaban J connectivity index is 1.44. The third-order valence-corrected chi connectivity index (χ3v) is 6.74. The zero-order valence-electron chi connectivity index (χ0n) is 17.7. The van der Waals surface area contributed by atoms with Crippen LogP contribution in [0.25, 0.3) is 0 Å². The van der Waals surface area contributed by atoms with Crippen LogP contribution >= 0.6 is 0 Å². The highest BCUT2D eigenvalue weighted by Gasteiger charge is 2.23. The quantitative estimate of drug-likeness (QED) is 0.576. The zero-order valence-corrected chi connectivity index (χ0v) is 18.5. The van der Waals surface area contributed by atoms with Crippen molar-refractivity contribution >= 4 is 21.9 Å². The van der Waals surface area contributed by atoms with Gasteiger partial charge in [-0.1, -0.05) is 19.3 Å². The SMILES string of the molecule is CC(OC(=O)CCNS(=O)(=O)c1ccc2c(c1)OCCCO2)C(=O)NC1CCCCC1. The van der Waals surface area contributed by atoms with Gasteiger partial charge in [0.2, 0.25) is 10.0 Å². The summed E-state index contributed by atoms with van der Waals surface area (Å²) in [6.07, 6.45) is 4.83. The number of benzene rings is 1. The van der Waals surface area contributed by atoms with Crippen molar-refractivity contribution in [1.29, 1.82) is 0 Å². The van der Waals surface area contributed by atoms with E-state index in [1.165, 1.54) is 25.5 Å². The second-order valence-electron chi connectivity index (χ2n) is 7.78. The number of rotatable bonds is 8. The topological polar surface area (TPSA) is 120 Å². The number of carbonyl (C=O) groups excluding carboxylic acids is 2. The van der Waals surface area contributed by atoms with Crippen molar-refractivity contribution in [2.24, 2.45) is 0 Å². The average Bonchev–Trinajstić information content (AvgIpc) is 2.99. The number of hydrogen-bond donors (Lipinski definition) is 2. The third kappa shape index (κ3) is 6.83. The van der Waals surface area contributed by atoms with Gasteiger partial charge in [-0.25, -0.2) is 13.1 Å². The number of esters is 1. The van der Waals surface area contributed by atoms with Gasteiger partial charge >= 0.3 is 5.97 Å². The van der Waals surface area contributed by atoms with E-state index in [-0.39, 0.29) is 29.8 Å². The van der Waals surface area contributed by atoms with Crippen LogP contribution in [-0.2, 0) is 24.3 Å². The Morgan fingerprint density at radius 2 is 1.81 bits per heavy atom. The number of carbonyl (C=O) groups is 2. The molecule has 10 heteroatoms. The fourth-order valence-corrected chi connectivity index (χ4v) is 4.60. The summed E-state index contributed by atoms with van der Waals surface area (Å²) in [6.45, 7) is 2.32. The fraction of sp³-hybridized carbons (Fsp3) is 0.619. The Kier molecular flexibility index (Phi) is 8.14. The molecule has 0 spiro atoms. The Morgan fingerprint density at radius 1 is 1.10 bits per heavy atom. The molecule has 1 heterocycles. The number of nitrogens with one attached hydrogen (secondary N) is 2. The smallest absolute Gasteiger partial charge is 0.307 e.